The minimum Gasteiger partial charge on any atom is -0.339 e. The first-order valence-corrected chi connectivity index (χ1v) is 8.65. The van der Waals surface area contributed by atoms with Crippen molar-refractivity contribution in [3.05, 3.63) is 29.8 Å². The third-order valence-corrected chi connectivity index (χ3v) is 4.91. The normalized spacial score (nSPS) is 20.8. The van der Waals surface area contributed by atoms with Crippen molar-refractivity contribution in [3.63, 3.8) is 0 Å². The molecular weight excluding hydrogens is 318 g/mol. The lowest BCUT2D eigenvalue weighted by Gasteiger charge is -2.17. The lowest BCUT2D eigenvalue weighted by atomic mass is 10.3. The lowest BCUT2D eigenvalue weighted by molar-refractivity contribution is 0.229. The Morgan fingerprint density at radius 2 is 1.88 bits per heavy atom. The minimum atomic E-state index is 0.0382. The number of carbonyl (C=O) groups excluding carboxylic acids is 1. The van der Waals surface area contributed by atoms with Gasteiger partial charge in [0.2, 0.25) is 5.95 Å². The monoisotopic (exact) mass is 341 g/mol. The van der Waals surface area contributed by atoms with Gasteiger partial charge in [0.15, 0.2) is 0 Å². The van der Waals surface area contributed by atoms with Crippen molar-refractivity contribution in [3.8, 4) is 0 Å². The number of carbonyl (C=O) groups is 1. The predicted octanol–water partition coefficient (Wildman–Crippen LogP) is 1.61. The summed E-state index contributed by atoms with van der Waals surface area (Å²) >= 11 is 0. The van der Waals surface area contributed by atoms with E-state index in [2.05, 4.69) is 20.0 Å². The number of amides is 2. The Balaban J connectivity index is 1.48. The molecule has 8 nitrogen and oxygen atoms in total. The predicted molar refractivity (Wildman–Crippen MR) is 95.0 cm³/mol. The number of hydrogen-bond donors (Lipinski definition) is 0. The van der Waals surface area contributed by atoms with E-state index in [-0.39, 0.29) is 12.1 Å². The highest BCUT2D eigenvalue weighted by molar-refractivity contribution is 5.93. The van der Waals surface area contributed by atoms with E-state index in [9.17, 15) is 4.79 Å². The molecule has 0 N–H and O–H groups in total. The fourth-order valence-corrected chi connectivity index (χ4v) is 3.54. The van der Waals surface area contributed by atoms with Gasteiger partial charge in [-0.1, -0.05) is 0 Å². The van der Waals surface area contributed by atoms with Crippen molar-refractivity contribution in [2.24, 2.45) is 0 Å². The number of anilines is 2. The van der Waals surface area contributed by atoms with E-state index in [0.29, 0.717) is 6.54 Å². The molecule has 0 aromatic carbocycles. The van der Waals surface area contributed by atoms with Gasteiger partial charge in [-0.2, -0.15) is 5.10 Å². The van der Waals surface area contributed by atoms with E-state index in [1.807, 2.05) is 37.8 Å². The highest BCUT2D eigenvalue weighted by atomic mass is 16.2. The average Bonchev–Trinajstić information content (AvgIpc) is 3.27. The van der Waals surface area contributed by atoms with Crippen LogP contribution in [0.3, 0.4) is 0 Å². The van der Waals surface area contributed by atoms with Gasteiger partial charge < -0.3 is 9.80 Å². The maximum Gasteiger partial charge on any atom is 0.324 e. The van der Waals surface area contributed by atoms with Crippen LogP contribution in [0.25, 0.3) is 0 Å². The average molecular weight is 341 g/mol. The van der Waals surface area contributed by atoms with Crippen LogP contribution < -0.4 is 9.80 Å². The molecule has 1 atom stereocenters. The summed E-state index contributed by atoms with van der Waals surface area (Å²) in [5.41, 5.74) is 2.85. The molecule has 2 aliphatic heterocycles. The van der Waals surface area contributed by atoms with E-state index < -0.39 is 0 Å². The van der Waals surface area contributed by atoms with Crippen molar-refractivity contribution in [2.45, 2.75) is 26.3 Å². The van der Waals surface area contributed by atoms with Crippen LogP contribution >= 0.6 is 0 Å². The van der Waals surface area contributed by atoms with Crippen molar-refractivity contribution in [1.29, 1.82) is 0 Å². The smallest absolute Gasteiger partial charge is 0.324 e. The van der Waals surface area contributed by atoms with E-state index in [1.54, 1.807) is 16.0 Å². The van der Waals surface area contributed by atoms with Crippen LogP contribution in [0, 0.1) is 13.8 Å². The van der Waals surface area contributed by atoms with Gasteiger partial charge in [0, 0.05) is 50.8 Å². The van der Waals surface area contributed by atoms with Crippen LogP contribution in [0.4, 0.5) is 16.4 Å². The molecule has 2 saturated heterocycles. The third-order valence-electron chi connectivity index (χ3n) is 4.91. The lowest BCUT2D eigenvalue weighted by Crippen LogP contribution is -2.28. The number of aromatic nitrogens is 4. The molecule has 1 unspecified atom stereocenters. The Hall–Kier alpha value is -2.64. The van der Waals surface area contributed by atoms with Gasteiger partial charge in [-0.3, -0.25) is 9.58 Å². The molecule has 2 amide bonds. The second-order valence-electron chi connectivity index (χ2n) is 6.87. The zero-order valence-electron chi connectivity index (χ0n) is 14.9. The zero-order valence-corrected chi connectivity index (χ0v) is 14.9. The van der Waals surface area contributed by atoms with Crippen LogP contribution in [0.1, 0.15) is 23.9 Å². The first-order valence-electron chi connectivity index (χ1n) is 8.65. The second kappa shape index (κ2) is 6.02. The summed E-state index contributed by atoms with van der Waals surface area (Å²) in [6, 6.07) is 2.30. The largest absolute Gasteiger partial charge is 0.339 e. The summed E-state index contributed by atoms with van der Waals surface area (Å²) < 4.78 is 1.98. The van der Waals surface area contributed by atoms with Crippen molar-refractivity contribution < 1.29 is 4.79 Å². The number of hydrogen-bond acceptors (Lipinski definition) is 5. The summed E-state index contributed by atoms with van der Waals surface area (Å²) in [4.78, 5) is 27.0. The second-order valence-corrected chi connectivity index (χ2v) is 6.87. The molecular formula is C17H23N7O. The van der Waals surface area contributed by atoms with E-state index in [0.717, 1.165) is 49.1 Å². The maximum absolute atomic E-state index is 12.1. The number of likely N-dealkylation sites (N-methyl/N-ethyl adjacent to an activating group) is 1. The summed E-state index contributed by atoms with van der Waals surface area (Å²) in [6.45, 7) is 7.21. The molecule has 2 fully saturated rings. The molecule has 8 heteroatoms. The third kappa shape index (κ3) is 2.92. The topological polar surface area (TPSA) is 70.4 Å². The van der Waals surface area contributed by atoms with Gasteiger partial charge >= 0.3 is 6.03 Å². The minimum absolute atomic E-state index is 0.0382. The van der Waals surface area contributed by atoms with Crippen LogP contribution in [0.15, 0.2) is 18.5 Å². The first kappa shape index (κ1) is 15.9. The SMILES string of the molecule is Cc1cc(C)nc(N2CCC(n3cc(N4CCN(C)C4=O)cn3)C2)n1. The molecule has 2 aliphatic rings. The zero-order chi connectivity index (χ0) is 17.6. The molecule has 4 rings (SSSR count). The molecule has 2 aromatic rings. The molecule has 132 valence electrons. The Morgan fingerprint density at radius 3 is 2.56 bits per heavy atom. The van der Waals surface area contributed by atoms with E-state index in [1.165, 1.54) is 0 Å². The van der Waals surface area contributed by atoms with Crippen molar-refractivity contribution in [2.75, 3.05) is 43.0 Å². The molecule has 0 saturated carbocycles. The quantitative estimate of drug-likeness (QED) is 0.848. The number of aryl methyl sites for hydroxylation is 2. The van der Waals surface area contributed by atoms with Crippen LogP contribution in [-0.4, -0.2) is 63.9 Å². The Labute approximate surface area is 147 Å². The summed E-state index contributed by atoms with van der Waals surface area (Å²) in [7, 11) is 1.82. The Morgan fingerprint density at radius 1 is 1.12 bits per heavy atom. The van der Waals surface area contributed by atoms with Gasteiger partial charge in [-0.15, -0.1) is 0 Å². The van der Waals surface area contributed by atoms with E-state index in [4.69, 9.17) is 0 Å². The molecule has 0 aliphatic carbocycles. The van der Waals surface area contributed by atoms with Crippen molar-refractivity contribution >= 4 is 17.7 Å². The van der Waals surface area contributed by atoms with Crippen molar-refractivity contribution in [1.82, 2.24) is 24.6 Å². The Kier molecular flexibility index (Phi) is 3.82. The van der Waals surface area contributed by atoms with E-state index >= 15 is 0 Å². The fourth-order valence-electron chi connectivity index (χ4n) is 3.54. The van der Waals surface area contributed by atoms with Gasteiger partial charge in [0.1, 0.15) is 0 Å². The number of rotatable bonds is 3. The maximum atomic E-state index is 12.1. The first-order chi connectivity index (χ1) is 12.0. The highest BCUT2D eigenvalue weighted by Gasteiger charge is 2.30. The van der Waals surface area contributed by atoms with Gasteiger partial charge in [-0.05, 0) is 26.3 Å². The van der Waals surface area contributed by atoms with Crippen LogP contribution in [0.5, 0.6) is 0 Å². The van der Waals surface area contributed by atoms with Crippen LogP contribution in [-0.2, 0) is 0 Å². The van der Waals surface area contributed by atoms with Gasteiger partial charge in [0.25, 0.3) is 0 Å². The summed E-state index contributed by atoms with van der Waals surface area (Å²) in [5.74, 6) is 0.795. The fraction of sp³-hybridized carbons (Fsp3) is 0.529. The van der Waals surface area contributed by atoms with Gasteiger partial charge in [-0.25, -0.2) is 14.8 Å². The molecule has 0 bridgehead atoms. The van der Waals surface area contributed by atoms with Crippen LogP contribution in [0.2, 0.25) is 0 Å². The molecule has 0 radical (unpaired) electrons. The summed E-state index contributed by atoms with van der Waals surface area (Å²) in [5, 5.41) is 4.50. The standard InChI is InChI=1S/C17H23N7O/c1-12-8-13(2)20-16(19-12)22-5-4-14(10-22)24-11-15(9-18-24)23-7-6-21(3)17(23)25/h8-9,11,14H,4-7,10H2,1-3H3. The molecule has 25 heavy (non-hydrogen) atoms. The molecule has 0 spiro atoms. The molecule has 4 heterocycles. The Bertz CT molecular complexity index is 782. The number of nitrogens with zero attached hydrogens (tertiary/aromatic N) is 7. The summed E-state index contributed by atoms with van der Waals surface area (Å²) in [6.07, 6.45) is 4.76. The number of urea groups is 1. The highest BCUT2D eigenvalue weighted by Crippen LogP contribution is 2.27. The van der Waals surface area contributed by atoms with Gasteiger partial charge in [0.05, 0.1) is 17.9 Å². The molecule has 2 aromatic heterocycles.